The second-order valence-electron chi connectivity index (χ2n) is 6.77. The topological polar surface area (TPSA) is 38.8 Å². The molecule has 126 valence electrons. The van der Waals surface area contributed by atoms with E-state index in [1.807, 2.05) is 7.05 Å². The van der Waals surface area contributed by atoms with Gasteiger partial charge in [0.1, 0.15) is 0 Å². The monoisotopic (exact) mass is 301 g/mol. The van der Waals surface area contributed by atoms with Crippen molar-refractivity contribution in [3.63, 3.8) is 0 Å². The number of nitrogens with zero attached hydrogens (tertiary/aromatic N) is 1. The molecule has 0 aromatic rings. The largest absolute Gasteiger partial charge is 0.381 e. The second-order valence-corrected chi connectivity index (χ2v) is 6.77. The molecule has 1 amide bonds. The van der Waals surface area contributed by atoms with Gasteiger partial charge in [-0.2, -0.15) is 0 Å². The molecule has 0 aliphatic carbocycles. The van der Waals surface area contributed by atoms with Gasteiger partial charge < -0.3 is 14.4 Å². The lowest BCUT2D eigenvalue weighted by molar-refractivity contribution is -0.139. The van der Waals surface area contributed by atoms with Crippen LogP contribution in [0.15, 0.2) is 0 Å². The lowest BCUT2D eigenvalue weighted by Crippen LogP contribution is -2.48. The smallest absolute Gasteiger partial charge is 0.225 e. The first kappa shape index (κ1) is 20.4. The molecule has 4 heteroatoms. The summed E-state index contributed by atoms with van der Waals surface area (Å²) < 4.78 is 11.1. The molecule has 0 fully saturated rings. The van der Waals surface area contributed by atoms with Crippen LogP contribution in [0.4, 0.5) is 0 Å². The van der Waals surface area contributed by atoms with E-state index in [0.29, 0.717) is 24.2 Å². The van der Waals surface area contributed by atoms with Crippen LogP contribution in [-0.4, -0.2) is 50.3 Å². The van der Waals surface area contributed by atoms with E-state index in [9.17, 15) is 4.79 Å². The third-order valence-corrected chi connectivity index (χ3v) is 4.74. The maximum atomic E-state index is 12.5. The van der Waals surface area contributed by atoms with Gasteiger partial charge in [0, 0.05) is 21.3 Å². The Morgan fingerprint density at radius 3 is 1.81 bits per heavy atom. The number of ether oxygens (including phenoxy) is 2. The first-order chi connectivity index (χ1) is 9.67. The zero-order valence-electron chi connectivity index (χ0n) is 15.3. The van der Waals surface area contributed by atoms with E-state index in [0.717, 1.165) is 0 Å². The van der Waals surface area contributed by atoms with Gasteiger partial charge in [0.2, 0.25) is 5.91 Å². The minimum Gasteiger partial charge on any atom is -0.381 e. The molecule has 0 bridgehead atoms. The highest BCUT2D eigenvalue weighted by Crippen LogP contribution is 2.23. The number of rotatable bonds is 9. The zero-order chi connectivity index (χ0) is 16.7. The Kier molecular flexibility index (Phi) is 9.14. The van der Waals surface area contributed by atoms with Crippen molar-refractivity contribution in [1.29, 1.82) is 0 Å². The van der Waals surface area contributed by atoms with Gasteiger partial charge in [-0.15, -0.1) is 0 Å². The summed E-state index contributed by atoms with van der Waals surface area (Å²) >= 11 is 0. The minimum atomic E-state index is -0.0318. The van der Waals surface area contributed by atoms with Gasteiger partial charge in [0.05, 0.1) is 24.7 Å². The Morgan fingerprint density at radius 2 is 1.48 bits per heavy atom. The maximum absolute atomic E-state index is 12.5. The van der Waals surface area contributed by atoms with Crippen LogP contribution in [0.25, 0.3) is 0 Å². The predicted molar refractivity (Wildman–Crippen MR) is 87.3 cm³/mol. The van der Waals surface area contributed by atoms with Crippen molar-refractivity contribution < 1.29 is 14.3 Å². The van der Waals surface area contributed by atoms with Crippen molar-refractivity contribution in [3.8, 4) is 0 Å². The van der Waals surface area contributed by atoms with Crippen molar-refractivity contribution >= 4 is 5.91 Å². The molecule has 0 spiro atoms. The van der Waals surface area contributed by atoms with Crippen molar-refractivity contribution in [1.82, 2.24) is 4.90 Å². The summed E-state index contributed by atoms with van der Waals surface area (Å²) in [7, 11) is 5.25. The molecule has 0 aromatic carbocycles. The number of methoxy groups -OCH3 is 2. The molecule has 0 N–H and O–H groups in total. The molecule has 0 aliphatic rings. The van der Waals surface area contributed by atoms with E-state index in [4.69, 9.17) is 9.47 Å². The molecule has 0 aliphatic heterocycles. The summed E-state index contributed by atoms with van der Waals surface area (Å²) in [5, 5.41) is 0. The summed E-state index contributed by atoms with van der Waals surface area (Å²) in [6, 6.07) is 0.0459. The van der Waals surface area contributed by atoms with Gasteiger partial charge in [-0.3, -0.25) is 4.79 Å². The van der Waals surface area contributed by atoms with Crippen LogP contribution >= 0.6 is 0 Å². The average Bonchev–Trinajstić information content (AvgIpc) is 2.43. The zero-order valence-corrected chi connectivity index (χ0v) is 15.3. The van der Waals surface area contributed by atoms with Gasteiger partial charge in [-0.25, -0.2) is 0 Å². The van der Waals surface area contributed by atoms with E-state index in [2.05, 4.69) is 41.5 Å². The Balaban J connectivity index is 4.80. The molecular weight excluding hydrogens is 266 g/mol. The number of amides is 1. The fraction of sp³-hybridized carbons (Fsp3) is 0.941. The summed E-state index contributed by atoms with van der Waals surface area (Å²) in [5.41, 5.74) is 0. The van der Waals surface area contributed by atoms with Crippen LogP contribution in [0.2, 0.25) is 0 Å². The molecule has 0 aromatic heterocycles. The third kappa shape index (κ3) is 5.95. The van der Waals surface area contributed by atoms with Crippen molar-refractivity contribution in [2.45, 2.75) is 66.2 Å². The van der Waals surface area contributed by atoms with E-state index < -0.39 is 0 Å². The molecule has 0 saturated heterocycles. The standard InChI is InChI=1S/C17H35NO3/c1-11(2)13(5)17(21-9)14(6)18(7)16(19)10-15(20-8)12(3)4/h11-15,17H,10H2,1-9H3. The fourth-order valence-electron chi connectivity index (χ4n) is 2.59. The summed E-state index contributed by atoms with van der Waals surface area (Å²) in [4.78, 5) is 14.3. The Labute approximate surface area is 131 Å². The highest BCUT2D eigenvalue weighted by atomic mass is 16.5. The second kappa shape index (κ2) is 9.42. The van der Waals surface area contributed by atoms with Crippen LogP contribution in [0, 0.1) is 17.8 Å². The van der Waals surface area contributed by atoms with E-state index >= 15 is 0 Å². The Morgan fingerprint density at radius 1 is 0.952 bits per heavy atom. The van der Waals surface area contributed by atoms with Crippen LogP contribution in [-0.2, 0) is 14.3 Å². The van der Waals surface area contributed by atoms with Crippen LogP contribution in [0.5, 0.6) is 0 Å². The normalized spacial score (nSPS) is 17.7. The first-order valence-corrected chi connectivity index (χ1v) is 7.98. The molecule has 0 radical (unpaired) electrons. The van der Waals surface area contributed by atoms with Crippen LogP contribution in [0.1, 0.15) is 48.0 Å². The molecular formula is C17H35NO3. The minimum absolute atomic E-state index is 0.0318. The third-order valence-electron chi connectivity index (χ3n) is 4.74. The molecule has 4 atom stereocenters. The van der Waals surface area contributed by atoms with E-state index in [1.54, 1.807) is 19.1 Å². The van der Waals surface area contributed by atoms with Crippen LogP contribution < -0.4 is 0 Å². The lowest BCUT2D eigenvalue weighted by atomic mass is 9.88. The fourth-order valence-corrected chi connectivity index (χ4v) is 2.59. The summed E-state index contributed by atoms with van der Waals surface area (Å²) in [5.74, 6) is 1.35. The summed E-state index contributed by atoms with van der Waals surface area (Å²) in [6.07, 6.45) is 0.427. The Hall–Kier alpha value is -0.610. The van der Waals surface area contributed by atoms with E-state index in [1.165, 1.54) is 0 Å². The average molecular weight is 301 g/mol. The van der Waals surface area contributed by atoms with Crippen molar-refractivity contribution in [2.24, 2.45) is 17.8 Å². The molecule has 0 saturated carbocycles. The van der Waals surface area contributed by atoms with Crippen LogP contribution in [0.3, 0.4) is 0 Å². The Bertz CT molecular complexity index is 304. The predicted octanol–water partition coefficient (Wildman–Crippen LogP) is 3.20. The van der Waals surface area contributed by atoms with Gasteiger partial charge in [-0.1, -0.05) is 34.6 Å². The van der Waals surface area contributed by atoms with Crippen molar-refractivity contribution in [3.05, 3.63) is 0 Å². The highest BCUT2D eigenvalue weighted by Gasteiger charge is 2.31. The SMILES string of the molecule is COC(CC(=O)N(C)C(C)C(OC)C(C)C(C)C)C(C)C. The molecule has 21 heavy (non-hydrogen) atoms. The van der Waals surface area contributed by atoms with E-state index in [-0.39, 0.29) is 24.2 Å². The maximum Gasteiger partial charge on any atom is 0.225 e. The van der Waals surface area contributed by atoms with Gasteiger partial charge in [-0.05, 0) is 24.7 Å². The highest BCUT2D eigenvalue weighted by molar-refractivity contribution is 5.76. The van der Waals surface area contributed by atoms with Crippen molar-refractivity contribution in [2.75, 3.05) is 21.3 Å². The first-order valence-electron chi connectivity index (χ1n) is 7.98. The summed E-state index contributed by atoms with van der Waals surface area (Å²) in [6.45, 7) is 12.8. The molecule has 0 rings (SSSR count). The van der Waals surface area contributed by atoms with Gasteiger partial charge >= 0.3 is 0 Å². The number of carbonyl (C=O) groups is 1. The number of carbonyl (C=O) groups excluding carboxylic acids is 1. The lowest BCUT2D eigenvalue weighted by Gasteiger charge is -2.36. The van der Waals surface area contributed by atoms with Gasteiger partial charge in [0.25, 0.3) is 0 Å². The molecule has 4 unspecified atom stereocenters. The van der Waals surface area contributed by atoms with Gasteiger partial charge in [0.15, 0.2) is 0 Å². The quantitative estimate of drug-likeness (QED) is 0.656. The number of hydrogen-bond acceptors (Lipinski definition) is 3. The molecule has 4 nitrogen and oxygen atoms in total. The number of likely N-dealkylation sites (N-methyl/N-ethyl adjacent to an activating group) is 1. The molecule has 0 heterocycles. The number of hydrogen-bond donors (Lipinski definition) is 0.